The van der Waals surface area contributed by atoms with Gasteiger partial charge in [0.25, 0.3) is 0 Å². The van der Waals surface area contributed by atoms with Crippen LogP contribution >= 0.6 is 15.9 Å². The molecule has 0 fully saturated rings. The van der Waals surface area contributed by atoms with Crippen molar-refractivity contribution in [3.8, 4) is 0 Å². The molecule has 0 bridgehead atoms. The summed E-state index contributed by atoms with van der Waals surface area (Å²) in [4.78, 5) is 24.5. The number of rotatable bonds is 5. The van der Waals surface area contributed by atoms with Crippen LogP contribution in [0.3, 0.4) is 0 Å². The third kappa shape index (κ3) is 3.93. The number of ether oxygens (including phenoxy) is 1. The Hall–Kier alpha value is -1.94. The molecular weight excluding hydrogens is 368 g/mol. The fourth-order valence-corrected chi connectivity index (χ4v) is 3.29. The van der Waals surface area contributed by atoms with Crippen LogP contribution in [0.4, 0.5) is 0 Å². The monoisotopic (exact) mass is 386 g/mol. The number of esters is 1. The molecule has 1 aliphatic rings. The largest absolute Gasteiger partial charge is 0.454 e. The van der Waals surface area contributed by atoms with E-state index in [4.69, 9.17) is 4.74 Å². The Morgan fingerprint density at radius 3 is 2.54 bits per heavy atom. The zero-order valence-corrected chi connectivity index (χ0v) is 15.1. The molecule has 0 N–H and O–H groups in total. The van der Waals surface area contributed by atoms with Crippen molar-refractivity contribution in [2.24, 2.45) is 0 Å². The number of Topliss-reactive ketones (excluding diaryl/α,β-unsaturated/α-hetero) is 1. The first kappa shape index (κ1) is 16.9. The lowest BCUT2D eigenvalue weighted by molar-refractivity contribution is -0.145. The Bertz CT molecular complexity index is 765. The van der Waals surface area contributed by atoms with Gasteiger partial charge in [0.2, 0.25) is 5.78 Å². The van der Waals surface area contributed by atoms with Crippen LogP contribution in [0.15, 0.2) is 46.9 Å². The molecule has 0 aliphatic heterocycles. The molecular formula is C20H19BrO3. The van der Waals surface area contributed by atoms with Gasteiger partial charge in [-0.05, 0) is 61.1 Å². The summed E-state index contributed by atoms with van der Waals surface area (Å²) in [6.45, 7) is 1.63. The fourth-order valence-electron chi connectivity index (χ4n) is 3.02. The van der Waals surface area contributed by atoms with Gasteiger partial charge in [0, 0.05) is 10.0 Å². The van der Waals surface area contributed by atoms with Crippen LogP contribution < -0.4 is 0 Å². The molecule has 1 aliphatic carbocycles. The minimum absolute atomic E-state index is 0.145. The molecule has 0 heterocycles. The fraction of sp³-hybridized carbons (Fsp3) is 0.300. The van der Waals surface area contributed by atoms with Crippen molar-refractivity contribution in [1.29, 1.82) is 0 Å². The van der Waals surface area contributed by atoms with Crippen molar-refractivity contribution in [3.63, 3.8) is 0 Å². The molecule has 3 nitrogen and oxygen atoms in total. The summed E-state index contributed by atoms with van der Waals surface area (Å²) in [5.41, 5.74) is 4.06. The minimum atomic E-state index is -0.771. The quantitative estimate of drug-likeness (QED) is 0.568. The third-order valence-electron chi connectivity index (χ3n) is 4.32. The molecule has 24 heavy (non-hydrogen) atoms. The lowest BCUT2D eigenvalue weighted by Gasteiger charge is -2.13. The molecule has 0 saturated carbocycles. The minimum Gasteiger partial charge on any atom is -0.454 e. The van der Waals surface area contributed by atoms with Gasteiger partial charge in [0.15, 0.2) is 6.10 Å². The van der Waals surface area contributed by atoms with Crippen LogP contribution in [0.25, 0.3) is 0 Å². The van der Waals surface area contributed by atoms with E-state index in [-0.39, 0.29) is 18.2 Å². The van der Waals surface area contributed by atoms with Crippen molar-refractivity contribution in [2.75, 3.05) is 0 Å². The van der Waals surface area contributed by atoms with Crippen molar-refractivity contribution >= 4 is 27.7 Å². The molecule has 3 rings (SSSR count). The Labute approximate surface area is 150 Å². The molecule has 0 saturated heterocycles. The van der Waals surface area contributed by atoms with Gasteiger partial charge >= 0.3 is 5.97 Å². The Morgan fingerprint density at radius 2 is 1.79 bits per heavy atom. The number of hydrogen-bond acceptors (Lipinski definition) is 3. The van der Waals surface area contributed by atoms with Gasteiger partial charge in [0.05, 0.1) is 6.42 Å². The van der Waals surface area contributed by atoms with E-state index in [2.05, 4.69) is 15.9 Å². The van der Waals surface area contributed by atoms with E-state index in [9.17, 15) is 9.59 Å². The van der Waals surface area contributed by atoms with Crippen LogP contribution in [0.2, 0.25) is 0 Å². The highest BCUT2D eigenvalue weighted by atomic mass is 79.9. The van der Waals surface area contributed by atoms with Crippen molar-refractivity contribution in [3.05, 3.63) is 69.2 Å². The predicted octanol–water partition coefficient (Wildman–Crippen LogP) is 4.29. The van der Waals surface area contributed by atoms with E-state index in [1.54, 1.807) is 6.92 Å². The molecule has 0 spiro atoms. The molecule has 2 aromatic carbocycles. The first-order chi connectivity index (χ1) is 11.5. The second-order valence-corrected chi connectivity index (χ2v) is 7.05. The van der Waals surface area contributed by atoms with E-state index in [1.807, 2.05) is 42.5 Å². The highest BCUT2D eigenvalue weighted by Crippen LogP contribution is 2.23. The zero-order valence-electron chi connectivity index (χ0n) is 13.5. The summed E-state index contributed by atoms with van der Waals surface area (Å²) in [6, 6.07) is 13.3. The second-order valence-electron chi connectivity index (χ2n) is 6.14. The van der Waals surface area contributed by atoms with Crippen LogP contribution in [0, 0.1) is 0 Å². The van der Waals surface area contributed by atoms with Gasteiger partial charge in [-0.1, -0.05) is 40.2 Å². The van der Waals surface area contributed by atoms with Gasteiger partial charge < -0.3 is 4.74 Å². The van der Waals surface area contributed by atoms with Gasteiger partial charge in [0.1, 0.15) is 0 Å². The number of aryl methyl sites for hydroxylation is 2. The van der Waals surface area contributed by atoms with Gasteiger partial charge in [-0.3, -0.25) is 9.59 Å². The zero-order chi connectivity index (χ0) is 17.1. The lowest BCUT2D eigenvalue weighted by atomic mass is 10.0. The maximum Gasteiger partial charge on any atom is 0.310 e. The topological polar surface area (TPSA) is 43.4 Å². The van der Waals surface area contributed by atoms with E-state index >= 15 is 0 Å². The summed E-state index contributed by atoms with van der Waals surface area (Å²) in [5.74, 6) is -0.534. The Morgan fingerprint density at radius 1 is 1.08 bits per heavy atom. The first-order valence-electron chi connectivity index (χ1n) is 8.13. The van der Waals surface area contributed by atoms with E-state index < -0.39 is 6.10 Å². The van der Waals surface area contributed by atoms with E-state index in [0.29, 0.717) is 5.56 Å². The number of halogens is 1. The summed E-state index contributed by atoms with van der Waals surface area (Å²) < 4.78 is 6.28. The van der Waals surface area contributed by atoms with Crippen molar-refractivity contribution in [2.45, 2.75) is 38.7 Å². The molecule has 0 radical (unpaired) electrons. The summed E-state index contributed by atoms with van der Waals surface area (Å²) in [6.07, 6.45) is 2.64. The van der Waals surface area contributed by atoms with Crippen LogP contribution in [-0.4, -0.2) is 17.9 Å². The highest BCUT2D eigenvalue weighted by molar-refractivity contribution is 9.10. The average molecular weight is 387 g/mol. The number of benzene rings is 2. The SMILES string of the molecule is C[C@H](OC(=O)Cc1ccc(Br)cc1)C(=O)c1ccc2c(c1)CCC2. The maximum atomic E-state index is 12.5. The molecule has 0 unspecified atom stereocenters. The molecule has 2 aromatic rings. The first-order valence-corrected chi connectivity index (χ1v) is 8.92. The Balaban J connectivity index is 1.61. The smallest absolute Gasteiger partial charge is 0.310 e. The number of ketones is 1. The van der Waals surface area contributed by atoms with Crippen LogP contribution in [-0.2, 0) is 28.8 Å². The molecule has 124 valence electrons. The number of carbonyl (C=O) groups excluding carboxylic acids is 2. The number of hydrogen-bond donors (Lipinski definition) is 0. The summed E-state index contributed by atoms with van der Waals surface area (Å²) >= 11 is 3.36. The van der Waals surface area contributed by atoms with Gasteiger partial charge in [-0.25, -0.2) is 0 Å². The average Bonchev–Trinajstić information content (AvgIpc) is 3.03. The van der Waals surface area contributed by atoms with Crippen LogP contribution in [0.1, 0.15) is 40.4 Å². The number of carbonyl (C=O) groups is 2. The molecule has 0 amide bonds. The maximum absolute atomic E-state index is 12.5. The normalized spacial score (nSPS) is 14.1. The molecule has 4 heteroatoms. The van der Waals surface area contributed by atoms with Crippen molar-refractivity contribution < 1.29 is 14.3 Å². The van der Waals surface area contributed by atoms with E-state index in [1.165, 1.54) is 11.1 Å². The molecule has 1 atom stereocenters. The highest BCUT2D eigenvalue weighted by Gasteiger charge is 2.21. The Kier molecular flexibility index (Phi) is 5.14. The molecule has 0 aromatic heterocycles. The lowest BCUT2D eigenvalue weighted by Crippen LogP contribution is -2.25. The number of fused-ring (bicyclic) bond motifs is 1. The third-order valence-corrected chi connectivity index (χ3v) is 4.85. The predicted molar refractivity (Wildman–Crippen MR) is 96.2 cm³/mol. The van der Waals surface area contributed by atoms with E-state index in [0.717, 1.165) is 29.3 Å². The summed E-state index contributed by atoms with van der Waals surface area (Å²) in [5, 5.41) is 0. The van der Waals surface area contributed by atoms with Crippen LogP contribution in [0.5, 0.6) is 0 Å². The second kappa shape index (κ2) is 7.31. The van der Waals surface area contributed by atoms with Crippen molar-refractivity contribution in [1.82, 2.24) is 0 Å². The van der Waals surface area contributed by atoms with Gasteiger partial charge in [-0.15, -0.1) is 0 Å². The summed E-state index contributed by atoms with van der Waals surface area (Å²) in [7, 11) is 0. The van der Waals surface area contributed by atoms with Gasteiger partial charge in [-0.2, -0.15) is 0 Å². The standard InChI is InChI=1S/C20H19BrO3/c1-13(24-19(22)11-14-5-9-18(21)10-6-14)20(23)17-8-7-15-3-2-4-16(15)12-17/h5-10,12-13H,2-4,11H2,1H3/t13-/m0/s1.